The second-order valence-electron chi connectivity index (χ2n) is 6.57. The van der Waals surface area contributed by atoms with Crippen LogP contribution in [0.2, 0.25) is 5.02 Å². The number of nitrogens with one attached hydrogen (secondary N) is 1. The Morgan fingerprint density at radius 2 is 1.89 bits per heavy atom. The molecule has 0 radical (unpaired) electrons. The van der Waals surface area contributed by atoms with Gasteiger partial charge in [0.2, 0.25) is 0 Å². The fourth-order valence-electron chi connectivity index (χ4n) is 3.21. The fraction of sp³-hybridized carbons (Fsp3) is 0.0909. The quantitative estimate of drug-likeness (QED) is 0.690. The van der Waals surface area contributed by atoms with Gasteiger partial charge in [-0.2, -0.15) is 0 Å². The maximum absolute atomic E-state index is 13.2. The first kappa shape index (κ1) is 18.1. The molecule has 2 heterocycles. The Labute approximate surface area is 167 Å². The topological polar surface area (TPSA) is 65.5 Å². The van der Waals surface area contributed by atoms with E-state index >= 15 is 0 Å². The Bertz CT molecular complexity index is 1070. The number of hydrogen-bond donors (Lipinski definition) is 2. The van der Waals surface area contributed by atoms with Crippen molar-refractivity contribution in [3.8, 4) is 5.75 Å². The largest absolute Gasteiger partial charge is 0.508 e. The van der Waals surface area contributed by atoms with Gasteiger partial charge in [-0.3, -0.25) is 15.2 Å². The first-order chi connectivity index (χ1) is 13.5. The van der Waals surface area contributed by atoms with Crippen molar-refractivity contribution in [2.75, 3.05) is 0 Å². The van der Waals surface area contributed by atoms with Crippen LogP contribution in [0.25, 0.3) is 5.70 Å². The molecule has 1 amide bonds. The molecule has 2 aromatic carbocycles. The summed E-state index contributed by atoms with van der Waals surface area (Å²) >= 11 is 6.42. The molecule has 1 aromatic heterocycles. The molecule has 140 valence electrons. The second-order valence-corrected chi connectivity index (χ2v) is 6.98. The standard InChI is InChI=1S/C22H18ClN3O2/c1-14-12-16(6-7-21(14)27)19-13-20(17-4-2-3-5-18(17)23)26(25-19)22(28)15-8-10-24-11-9-15/h2-13,20,25,27H,1H3. The lowest BCUT2D eigenvalue weighted by Gasteiger charge is -2.26. The Morgan fingerprint density at radius 3 is 2.61 bits per heavy atom. The minimum atomic E-state index is -0.376. The molecule has 2 N–H and O–H groups in total. The number of halogens is 1. The number of carbonyl (C=O) groups is 1. The zero-order chi connectivity index (χ0) is 19.7. The molecule has 0 saturated carbocycles. The van der Waals surface area contributed by atoms with Crippen LogP contribution in [0.4, 0.5) is 0 Å². The molecule has 6 heteroatoms. The highest BCUT2D eigenvalue weighted by Gasteiger charge is 2.32. The van der Waals surface area contributed by atoms with Crippen molar-refractivity contribution in [3.05, 3.63) is 100 Å². The number of phenols is 1. The maximum Gasteiger partial charge on any atom is 0.273 e. The maximum atomic E-state index is 13.2. The summed E-state index contributed by atoms with van der Waals surface area (Å²) in [6, 6.07) is 15.8. The molecule has 3 aromatic rings. The van der Waals surface area contributed by atoms with Crippen molar-refractivity contribution >= 4 is 23.2 Å². The Hall–Kier alpha value is -3.31. The number of nitrogens with zero attached hydrogens (tertiary/aromatic N) is 2. The predicted octanol–water partition coefficient (Wildman–Crippen LogP) is 4.49. The van der Waals surface area contributed by atoms with Gasteiger partial charge in [0.25, 0.3) is 5.91 Å². The third-order valence-corrected chi connectivity index (χ3v) is 5.07. The SMILES string of the molecule is Cc1cc(C2=CC(c3ccccc3Cl)N(C(=O)c3ccncc3)N2)ccc1O. The molecule has 0 spiro atoms. The number of phenolic OH excluding ortho intramolecular Hbond substituents is 1. The first-order valence-electron chi connectivity index (χ1n) is 8.81. The molecular weight excluding hydrogens is 374 g/mol. The van der Waals surface area contributed by atoms with E-state index in [1.807, 2.05) is 49.4 Å². The summed E-state index contributed by atoms with van der Waals surface area (Å²) < 4.78 is 0. The summed E-state index contributed by atoms with van der Waals surface area (Å²) in [5.41, 5.74) is 6.96. The summed E-state index contributed by atoms with van der Waals surface area (Å²) in [5, 5.41) is 12.0. The normalized spacial score (nSPS) is 15.9. The highest BCUT2D eigenvalue weighted by atomic mass is 35.5. The van der Waals surface area contributed by atoms with Gasteiger partial charge < -0.3 is 5.11 Å². The predicted molar refractivity (Wildman–Crippen MR) is 109 cm³/mol. The van der Waals surface area contributed by atoms with Crippen molar-refractivity contribution in [2.45, 2.75) is 13.0 Å². The average molecular weight is 392 g/mol. The first-order valence-corrected chi connectivity index (χ1v) is 9.19. The van der Waals surface area contributed by atoms with E-state index in [4.69, 9.17) is 11.6 Å². The van der Waals surface area contributed by atoms with E-state index in [9.17, 15) is 9.90 Å². The van der Waals surface area contributed by atoms with Crippen LogP contribution in [0.3, 0.4) is 0 Å². The number of aromatic nitrogens is 1. The van der Waals surface area contributed by atoms with Gasteiger partial charge >= 0.3 is 0 Å². The van der Waals surface area contributed by atoms with Crippen LogP contribution in [0.5, 0.6) is 5.75 Å². The Balaban J connectivity index is 1.76. The minimum absolute atomic E-state index is 0.186. The molecular formula is C22H18ClN3O2. The lowest BCUT2D eigenvalue weighted by atomic mass is 10.0. The van der Waals surface area contributed by atoms with E-state index in [2.05, 4.69) is 10.4 Å². The number of hydrazine groups is 1. The van der Waals surface area contributed by atoms with Gasteiger partial charge in [0.05, 0.1) is 5.70 Å². The molecule has 28 heavy (non-hydrogen) atoms. The van der Waals surface area contributed by atoms with Crippen LogP contribution >= 0.6 is 11.6 Å². The molecule has 5 nitrogen and oxygen atoms in total. The van der Waals surface area contributed by atoms with E-state index in [-0.39, 0.29) is 17.7 Å². The highest BCUT2D eigenvalue weighted by molar-refractivity contribution is 6.31. The van der Waals surface area contributed by atoms with E-state index < -0.39 is 0 Å². The number of benzene rings is 2. The molecule has 0 saturated heterocycles. The number of aryl methyl sites for hydroxylation is 1. The number of amides is 1. The van der Waals surface area contributed by atoms with E-state index in [0.717, 1.165) is 22.4 Å². The number of hydrogen-bond acceptors (Lipinski definition) is 4. The molecule has 0 bridgehead atoms. The van der Waals surface area contributed by atoms with Crippen molar-refractivity contribution in [1.29, 1.82) is 0 Å². The lowest BCUT2D eigenvalue weighted by molar-refractivity contribution is 0.0672. The molecule has 0 aliphatic carbocycles. The molecule has 0 fully saturated rings. The van der Waals surface area contributed by atoms with Crippen LogP contribution in [-0.2, 0) is 0 Å². The smallest absolute Gasteiger partial charge is 0.273 e. The third-order valence-electron chi connectivity index (χ3n) is 4.72. The van der Waals surface area contributed by atoms with E-state index in [0.29, 0.717) is 10.6 Å². The Kier molecular flexibility index (Phi) is 4.75. The second kappa shape index (κ2) is 7.37. The van der Waals surface area contributed by atoms with Gasteiger partial charge in [-0.15, -0.1) is 0 Å². The zero-order valence-corrected chi connectivity index (χ0v) is 15.9. The Morgan fingerprint density at radius 1 is 1.14 bits per heavy atom. The molecule has 1 aliphatic heterocycles. The van der Waals surface area contributed by atoms with Crippen LogP contribution in [0.15, 0.2) is 73.1 Å². The van der Waals surface area contributed by atoms with Gasteiger partial charge in [0.1, 0.15) is 11.8 Å². The summed E-state index contributed by atoms with van der Waals surface area (Å²) in [7, 11) is 0. The van der Waals surface area contributed by atoms with E-state index in [1.165, 1.54) is 0 Å². The number of pyridine rings is 1. The molecule has 4 rings (SSSR count). The number of carbonyl (C=O) groups excluding carboxylic acids is 1. The third kappa shape index (κ3) is 3.32. The number of aromatic hydroxyl groups is 1. The summed E-state index contributed by atoms with van der Waals surface area (Å²) in [6.07, 6.45) is 5.14. The average Bonchev–Trinajstić information content (AvgIpc) is 3.15. The highest BCUT2D eigenvalue weighted by Crippen LogP contribution is 2.36. The minimum Gasteiger partial charge on any atom is -0.508 e. The van der Waals surface area contributed by atoms with Gasteiger partial charge in [0.15, 0.2) is 0 Å². The molecule has 1 aliphatic rings. The van der Waals surface area contributed by atoms with Crippen LogP contribution < -0.4 is 5.43 Å². The molecule has 1 unspecified atom stereocenters. The monoisotopic (exact) mass is 391 g/mol. The van der Waals surface area contributed by atoms with Gasteiger partial charge in [-0.05, 0) is 66.1 Å². The molecule has 1 atom stereocenters. The van der Waals surface area contributed by atoms with Crippen LogP contribution in [0.1, 0.15) is 33.1 Å². The zero-order valence-electron chi connectivity index (χ0n) is 15.1. The summed E-state index contributed by atoms with van der Waals surface area (Å²) in [5.74, 6) is 0.0452. The van der Waals surface area contributed by atoms with Crippen molar-refractivity contribution in [1.82, 2.24) is 15.4 Å². The summed E-state index contributed by atoms with van der Waals surface area (Å²) in [4.78, 5) is 17.1. The van der Waals surface area contributed by atoms with Crippen LogP contribution in [0, 0.1) is 6.92 Å². The number of rotatable bonds is 3. The van der Waals surface area contributed by atoms with E-state index in [1.54, 1.807) is 35.6 Å². The van der Waals surface area contributed by atoms with Gasteiger partial charge in [0, 0.05) is 23.0 Å². The van der Waals surface area contributed by atoms with Crippen molar-refractivity contribution in [3.63, 3.8) is 0 Å². The van der Waals surface area contributed by atoms with Gasteiger partial charge in [-0.1, -0.05) is 29.8 Å². The van der Waals surface area contributed by atoms with Crippen LogP contribution in [-0.4, -0.2) is 21.0 Å². The lowest BCUT2D eigenvalue weighted by Crippen LogP contribution is -2.39. The van der Waals surface area contributed by atoms with Crippen molar-refractivity contribution < 1.29 is 9.90 Å². The van der Waals surface area contributed by atoms with Gasteiger partial charge in [-0.25, -0.2) is 5.01 Å². The fourth-order valence-corrected chi connectivity index (χ4v) is 3.45. The summed E-state index contributed by atoms with van der Waals surface area (Å²) in [6.45, 7) is 1.83. The van der Waals surface area contributed by atoms with Crippen molar-refractivity contribution in [2.24, 2.45) is 0 Å².